The van der Waals surface area contributed by atoms with Crippen LogP contribution in [0.1, 0.15) is 18.9 Å². The van der Waals surface area contributed by atoms with E-state index in [1.54, 1.807) is 0 Å². The summed E-state index contributed by atoms with van der Waals surface area (Å²) in [5, 5.41) is 16.2. The Morgan fingerprint density at radius 3 is 2.77 bits per heavy atom. The van der Waals surface area contributed by atoms with Gasteiger partial charge in [-0.1, -0.05) is 18.3 Å². The third-order valence-corrected chi connectivity index (χ3v) is 2.56. The smallest absolute Gasteiger partial charge is 0.211 e. The lowest BCUT2D eigenvalue weighted by Crippen LogP contribution is -2.27. The summed E-state index contributed by atoms with van der Waals surface area (Å²) >= 11 is 6.52. The first-order valence-corrected chi connectivity index (χ1v) is 5.36. The van der Waals surface area contributed by atoms with Crippen molar-refractivity contribution in [3.63, 3.8) is 0 Å². The van der Waals surface area contributed by atoms with Crippen LogP contribution < -0.4 is 10.6 Å². The number of thiocarbonyl (C=S) groups is 1. The maximum Gasteiger partial charge on any atom is 0.211 e. The maximum atomic E-state index is 5.00. The predicted molar refractivity (Wildman–Crippen MR) is 59.2 cm³/mol. The van der Waals surface area contributed by atoms with Gasteiger partial charge in [-0.05, 0) is 25.6 Å². The van der Waals surface area contributed by atoms with E-state index in [2.05, 4.69) is 20.8 Å². The molecule has 2 N–H and O–H groups in total. The van der Waals surface area contributed by atoms with Crippen LogP contribution in [0.15, 0.2) is 0 Å². The molecule has 0 atom stereocenters. The van der Waals surface area contributed by atoms with Crippen LogP contribution in [0.25, 0.3) is 0 Å². The van der Waals surface area contributed by atoms with Gasteiger partial charge in [-0.25, -0.2) is 0 Å². The molecule has 0 bridgehead atoms. The zero-order valence-electron chi connectivity index (χ0n) is 7.63. The number of hydrogen-bond donors (Lipinski definition) is 2. The van der Waals surface area contributed by atoms with E-state index in [0.29, 0.717) is 5.11 Å². The minimum atomic E-state index is 0.598. The Kier molecular flexibility index (Phi) is 4.04. The van der Waals surface area contributed by atoms with E-state index in [1.165, 1.54) is 11.3 Å². The van der Waals surface area contributed by atoms with Gasteiger partial charge in [0.25, 0.3) is 0 Å². The first-order valence-electron chi connectivity index (χ1n) is 4.13. The molecule has 1 heterocycles. The van der Waals surface area contributed by atoms with Crippen LogP contribution in [0.3, 0.4) is 0 Å². The third-order valence-electron chi connectivity index (χ3n) is 1.33. The summed E-state index contributed by atoms with van der Waals surface area (Å²) in [4.78, 5) is 0. The molecule has 0 fully saturated rings. The van der Waals surface area contributed by atoms with Gasteiger partial charge in [0, 0.05) is 6.54 Å². The second-order valence-corrected chi connectivity index (χ2v) is 3.81. The quantitative estimate of drug-likeness (QED) is 0.748. The lowest BCUT2D eigenvalue weighted by Gasteiger charge is -2.03. The molecule has 0 saturated heterocycles. The molecule has 1 aromatic rings. The number of hydrogen-bond acceptors (Lipinski definition) is 4. The van der Waals surface area contributed by atoms with E-state index in [1.807, 2.05) is 13.8 Å². The molecule has 1 aromatic heterocycles. The monoisotopic (exact) mass is 216 g/mol. The normalized spacial score (nSPS) is 9.69. The summed E-state index contributed by atoms with van der Waals surface area (Å²) in [5.74, 6) is 0. The van der Waals surface area contributed by atoms with Crippen molar-refractivity contribution in [2.75, 3.05) is 11.9 Å². The number of anilines is 1. The van der Waals surface area contributed by atoms with Gasteiger partial charge in [-0.2, -0.15) is 0 Å². The van der Waals surface area contributed by atoms with Gasteiger partial charge in [0.05, 0.1) is 0 Å². The summed E-state index contributed by atoms with van der Waals surface area (Å²) in [6.45, 7) is 4.85. The predicted octanol–water partition coefficient (Wildman–Crippen LogP) is 1.41. The van der Waals surface area contributed by atoms with Gasteiger partial charge in [0.1, 0.15) is 5.01 Å². The molecule has 0 aliphatic heterocycles. The highest BCUT2D eigenvalue weighted by Gasteiger charge is 2.02. The van der Waals surface area contributed by atoms with Gasteiger partial charge >= 0.3 is 0 Å². The molecule has 0 spiro atoms. The summed E-state index contributed by atoms with van der Waals surface area (Å²) < 4.78 is 0. The van der Waals surface area contributed by atoms with E-state index in [-0.39, 0.29) is 0 Å². The van der Waals surface area contributed by atoms with E-state index < -0.39 is 0 Å². The molecule has 0 amide bonds. The molecular formula is C7H12N4S2. The fraction of sp³-hybridized carbons (Fsp3) is 0.571. The average molecular weight is 216 g/mol. The van der Waals surface area contributed by atoms with Crippen molar-refractivity contribution >= 4 is 33.8 Å². The van der Waals surface area contributed by atoms with Crippen LogP contribution in [0.2, 0.25) is 0 Å². The Labute approximate surface area is 86.8 Å². The van der Waals surface area contributed by atoms with E-state index in [0.717, 1.165) is 23.1 Å². The Bertz CT molecular complexity index is 284. The first kappa shape index (κ1) is 10.3. The number of rotatable bonds is 3. The fourth-order valence-electron chi connectivity index (χ4n) is 0.749. The van der Waals surface area contributed by atoms with Crippen molar-refractivity contribution in [2.24, 2.45) is 0 Å². The van der Waals surface area contributed by atoms with Crippen LogP contribution in [0.4, 0.5) is 5.13 Å². The van der Waals surface area contributed by atoms with Crippen LogP contribution >= 0.6 is 23.6 Å². The number of aromatic nitrogens is 2. The Morgan fingerprint density at radius 1 is 1.46 bits per heavy atom. The Morgan fingerprint density at radius 2 is 2.23 bits per heavy atom. The van der Waals surface area contributed by atoms with Gasteiger partial charge in [0.15, 0.2) is 5.11 Å². The van der Waals surface area contributed by atoms with Crippen molar-refractivity contribution in [3.05, 3.63) is 5.01 Å². The second-order valence-electron chi connectivity index (χ2n) is 2.34. The van der Waals surface area contributed by atoms with E-state index in [9.17, 15) is 0 Å². The molecule has 4 nitrogen and oxygen atoms in total. The van der Waals surface area contributed by atoms with E-state index in [4.69, 9.17) is 12.2 Å². The van der Waals surface area contributed by atoms with Crippen LogP contribution in [-0.2, 0) is 6.42 Å². The van der Waals surface area contributed by atoms with Crippen molar-refractivity contribution in [1.82, 2.24) is 15.5 Å². The molecule has 72 valence electrons. The Balaban J connectivity index is 2.49. The van der Waals surface area contributed by atoms with Crippen LogP contribution in [0.5, 0.6) is 0 Å². The zero-order chi connectivity index (χ0) is 9.68. The number of nitrogens with one attached hydrogen (secondary N) is 2. The lowest BCUT2D eigenvalue weighted by atomic mass is 10.5. The average Bonchev–Trinajstić information content (AvgIpc) is 2.52. The topological polar surface area (TPSA) is 49.8 Å². The SMILES string of the molecule is CCNC(=S)Nc1nnc(CC)s1. The number of nitrogens with zero attached hydrogens (tertiary/aromatic N) is 2. The van der Waals surface area contributed by atoms with E-state index >= 15 is 0 Å². The van der Waals surface area contributed by atoms with Gasteiger partial charge < -0.3 is 10.6 Å². The summed E-state index contributed by atoms with van der Waals surface area (Å²) in [6, 6.07) is 0. The highest BCUT2D eigenvalue weighted by Crippen LogP contribution is 2.14. The van der Waals surface area contributed by atoms with Gasteiger partial charge in [-0.15, -0.1) is 10.2 Å². The number of aryl methyl sites for hydroxylation is 1. The molecular weight excluding hydrogens is 204 g/mol. The molecule has 0 saturated carbocycles. The summed E-state index contributed by atoms with van der Waals surface area (Å²) in [7, 11) is 0. The molecule has 0 unspecified atom stereocenters. The molecule has 0 aromatic carbocycles. The minimum absolute atomic E-state index is 0.598. The molecule has 0 aliphatic carbocycles. The standard InChI is InChI=1S/C7H12N4S2/c1-3-5-10-11-7(13-5)9-6(12)8-4-2/h3-4H2,1-2H3,(H2,8,9,11,12). The molecule has 13 heavy (non-hydrogen) atoms. The van der Waals surface area contributed by atoms with Gasteiger partial charge in [-0.3, -0.25) is 0 Å². The molecule has 6 heteroatoms. The summed E-state index contributed by atoms with van der Waals surface area (Å²) in [5.41, 5.74) is 0. The highest BCUT2D eigenvalue weighted by atomic mass is 32.1. The van der Waals surface area contributed by atoms with Crippen molar-refractivity contribution in [1.29, 1.82) is 0 Å². The van der Waals surface area contributed by atoms with Crippen molar-refractivity contribution < 1.29 is 0 Å². The molecule has 1 rings (SSSR count). The molecule has 0 radical (unpaired) electrons. The molecule has 0 aliphatic rings. The largest absolute Gasteiger partial charge is 0.363 e. The summed E-state index contributed by atoms with van der Waals surface area (Å²) in [6.07, 6.45) is 0.910. The minimum Gasteiger partial charge on any atom is -0.363 e. The van der Waals surface area contributed by atoms with Crippen molar-refractivity contribution in [3.8, 4) is 0 Å². The maximum absolute atomic E-state index is 5.00. The van der Waals surface area contributed by atoms with Crippen LogP contribution in [0, 0.1) is 0 Å². The van der Waals surface area contributed by atoms with Gasteiger partial charge in [0.2, 0.25) is 5.13 Å². The van der Waals surface area contributed by atoms with Crippen LogP contribution in [-0.4, -0.2) is 21.9 Å². The lowest BCUT2D eigenvalue weighted by molar-refractivity contribution is 0.969. The highest BCUT2D eigenvalue weighted by molar-refractivity contribution is 7.80. The zero-order valence-corrected chi connectivity index (χ0v) is 9.26. The van der Waals surface area contributed by atoms with Crippen molar-refractivity contribution in [2.45, 2.75) is 20.3 Å². The fourth-order valence-corrected chi connectivity index (χ4v) is 1.74. The third kappa shape index (κ3) is 3.23. The second kappa shape index (κ2) is 5.08. The Hall–Kier alpha value is -0.750. The first-order chi connectivity index (χ1) is 6.26.